The van der Waals surface area contributed by atoms with E-state index in [1.807, 2.05) is 6.07 Å². The molecule has 0 saturated heterocycles. The fourth-order valence-corrected chi connectivity index (χ4v) is 1.79. The van der Waals surface area contributed by atoms with E-state index in [1.54, 1.807) is 0 Å². The van der Waals surface area contributed by atoms with Crippen LogP contribution in [0.15, 0.2) is 18.2 Å². The number of halogens is 1. The van der Waals surface area contributed by atoms with E-state index in [0.717, 1.165) is 0 Å². The molecule has 1 aromatic carbocycles. The van der Waals surface area contributed by atoms with Gasteiger partial charge in [-0.05, 0) is 24.1 Å². The summed E-state index contributed by atoms with van der Waals surface area (Å²) in [7, 11) is 0. The van der Waals surface area contributed by atoms with Crippen molar-refractivity contribution in [2.45, 2.75) is 18.6 Å². The molecule has 4 nitrogen and oxygen atoms in total. The van der Waals surface area contributed by atoms with Gasteiger partial charge in [0.15, 0.2) is 0 Å². The predicted octanol–water partition coefficient (Wildman–Crippen LogP) is 1.44. The lowest BCUT2D eigenvalue weighted by atomic mass is 10.0. The first-order valence-corrected chi connectivity index (χ1v) is 5.87. The van der Waals surface area contributed by atoms with Gasteiger partial charge in [-0.1, -0.05) is 22.0 Å². The van der Waals surface area contributed by atoms with E-state index in [9.17, 15) is 15.3 Å². The first kappa shape index (κ1) is 13.0. The number of aliphatic hydroxyl groups is 2. The predicted molar refractivity (Wildman–Crippen MR) is 62.2 cm³/mol. The molecule has 0 aromatic heterocycles. The van der Waals surface area contributed by atoms with Gasteiger partial charge in [0.25, 0.3) is 0 Å². The number of rotatable bonds is 4. The van der Waals surface area contributed by atoms with Crippen LogP contribution in [0.4, 0.5) is 0 Å². The quantitative estimate of drug-likeness (QED) is 0.731. The van der Waals surface area contributed by atoms with Gasteiger partial charge in [0.2, 0.25) is 0 Å². The highest BCUT2D eigenvalue weighted by atomic mass is 79.9. The average molecular weight is 286 g/mol. The van der Waals surface area contributed by atoms with Crippen LogP contribution in [0.5, 0.6) is 5.75 Å². The van der Waals surface area contributed by atoms with E-state index in [0.29, 0.717) is 17.3 Å². The van der Waals surface area contributed by atoms with Crippen molar-refractivity contribution in [1.82, 2.24) is 0 Å². The molecule has 0 aliphatic carbocycles. The number of hydrogen-bond donors (Lipinski definition) is 3. The Labute approximate surface area is 102 Å². The lowest BCUT2D eigenvalue weighted by Crippen LogP contribution is -2.18. The zero-order valence-corrected chi connectivity index (χ0v) is 10.1. The molecular weight excluding hydrogens is 274 g/mol. The highest BCUT2D eigenvalue weighted by molar-refractivity contribution is 9.09. The van der Waals surface area contributed by atoms with E-state index < -0.39 is 12.2 Å². The first-order chi connectivity index (χ1) is 7.60. The smallest absolute Gasteiger partial charge is 0.133 e. The van der Waals surface area contributed by atoms with Gasteiger partial charge in [0.1, 0.15) is 17.9 Å². The second-order valence-corrected chi connectivity index (χ2v) is 4.17. The second-order valence-electron chi connectivity index (χ2n) is 3.38. The fraction of sp³-hybridized carbons (Fsp3) is 0.364. The van der Waals surface area contributed by atoms with Crippen LogP contribution in [0.25, 0.3) is 0 Å². The number of alkyl halides is 1. The minimum atomic E-state index is -1.06. The van der Waals surface area contributed by atoms with Gasteiger partial charge >= 0.3 is 0 Å². The highest BCUT2D eigenvalue weighted by Crippen LogP contribution is 2.25. The maximum atomic E-state index is 9.74. The molecule has 16 heavy (non-hydrogen) atoms. The number of phenols is 1. The van der Waals surface area contributed by atoms with E-state index in [-0.39, 0.29) is 11.3 Å². The number of nitrogens with zero attached hydrogens (tertiary/aromatic N) is 1. The Bertz CT molecular complexity index is 403. The molecule has 0 aliphatic rings. The molecule has 0 fully saturated rings. The molecule has 3 N–H and O–H groups in total. The molecule has 5 heteroatoms. The average Bonchev–Trinajstić information content (AvgIpc) is 2.28. The summed E-state index contributed by atoms with van der Waals surface area (Å²) in [4.78, 5) is 0. The second kappa shape index (κ2) is 5.85. The Morgan fingerprint density at radius 2 is 2.06 bits per heavy atom. The van der Waals surface area contributed by atoms with Crippen LogP contribution >= 0.6 is 15.9 Å². The third-order valence-corrected chi connectivity index (χ3v) is 2.71. The van der Waals surface area contributed by atoms with Gasteiger partial charge in [0, 0.05) is 5.33 Å². The lowest BCUT2D eigenvalue weighted by molar-refractivity contribution is 0.0172. The zero-order chi connectivity index (χ0) is 12.1. The molecule has 0 amide bonds. The van der Waals surface area contributed by atoms with Crippen molar-refractivity contribution in [2.75, 3.05) is 5.33 Å². The molecule has 0 spiro atoms. The molecule has 1 rings (SSSR count). The van der Waals surface area contributed by atoms with Crippen LogP contribution in [0, 0.1) is 11.3 Å². The van der Waals surface area contributed by atoms with Crippen LogP contribution in [-0.2, 0) is 0 Å². The maximum absolute atomic E-state index is 9.74. The van der Waals surface area contributed by atoms with Crippen LogP contribution < -0.4 is 0 Å². The van der Waals surface area contributed by atoms with Crippen molar-refractivity contribution in [3.63, 3.8) is 0 Å². The summed E-state index contributed by atoms with van der Waals surface area (Å²) in [6.07, 6.45) is -1.55. The number of nitriles is 1. The van der Waals surface area contributed by atoms with E-state index in [1.165, 1.54) is 18.2 Å². The molecule has 0 radical (unpaired) electrons. The Morgan fingerprint density at radius 1 is 1.38 bits per heavy atom. The Hall–Kier alpha value is -1.09. The van der Waals surface area contributed by atoms with Crippen LogP contribution in [0.3, 0.4) is 0 Å². The zero-order valence-electron chi connectivity index (χ0n) is 8.47. The molecule has 1 aromatic rings. The SMILES string of the molecule is N#Cc1ccc(C(O)C(O)CCBr)cc1O. The van der Waals surface area contributed by atoms with E-state index in [2.05, 4.69) is 15.9 Å². The summed E-state index contributed by atoms with van der Waals surface area (Å²) < 4.78 is 0. The van der Waals surface area contributed by atoms with Gasteiger partial charge in [-0.15, -0.1) is 0 Å². The third kappa shape index (κ3) is 2.95. The van der Waals surface area contributed by atoms with Gasteiger partial charge in [0.05, 0.1) is 11.7 Å². The lowest BCUT2D eigenvalue weighted by Gasteiger charge is -2.17. The molecule has 0 aliphatic heterocycles. The highest BCUT2D eigenvalue weighted by Gasteiger charge is 2.18. The van der Waals surface area contributed by atoms with Crippen molar-refractivity contribution in [3.05, 3.63) is 29.3 Å². The van der Waals surface area contributed by atoms with Crippen molar-refractivity contribution in [2.24, 2.45) is 0 Å². The number of aliphatic hydroxyl groups excluding tert-OH is 2. The van der Waals surface area contributed by atoms with Gasteiger partial charge in [-0.2, -0.15) is 5.26 Å². The normalized spacial score (nSPS) is 14.1. The minimum absolute atomic E-state index is 0.144. The van der Waals surface area contributed by atoms with Crippen LogP contribution in [0.1, 0.15) is 23.7 Å². The summed E-state index contributed by atoms with van der Waals surface area (Å²) in [6, 6.07) is 6.03. The standard InChI is InChI=1S/C11H12BrNO3/c12-4-3-9(14)11(16)7-1-2-8(6-13)10(15)5-7/h1-2,5,9,11,14-16H,3-4H2. The van der Waals surface area contributed by atoms with Crippen molar-refractivity contribution >= 4 is 15.9 Å². The van der Waals surface area contributed by atoms with Gasteiger partial charge in [-0.25, -0.2) is 0 Å². The summed E-state index contributed by atoms with van der Waals surface area (Å²) >= 11 is 3.16. The Balaban J connectivity index is 2.89. The minimum Gasteiger partial charge on any atom is -0.507 e. The van der Waals surface area contributed by atoms with E-state index in [4.69, 9.17) is 5.26 Å². The van der Waals surface area contributed by atoms with Crippen LogP contribution in [0.2, 0.25) is 0 Å². The summed E-state index contributed by atoms with van der Waals surface area (Å²) in [6.45, 7) is 0. The molecular formula is C11H12BrNO3. The number of aromatic hydroxyl groups is 1. The van der Waals surface area contributed by atoms with E-state index >= 15 is 0 Å². The molecule has 2 atom stereocenters. The first-order valence-electron chi connectivity index (χ1n) is 4.75. The van der Waals surface area contributed by atoms with Gasteiger partial charge < -0.3 is 15.3 Å². The summed E-state index contributed by atoms with van der Waals surface area (Å²) in [5.74, 6) is -0.190. The summed E-state index contributed by atoms with van der Waals surface area (Å²) in [5, 5.41) is 37.9. The monoisotopic (exact) mass is 285 g/mol. The van der Waals surface area contributed by atoms with Crippen molar-refractivity contribution in [1.29, 1.82) is 5.26 Å². The Morgan fingerprint density at radius 3 is 2.56 bits per heavy atom. The molecule has 0 bridgehead atoms. The maximum Gasteiger partial charge on any atom is 0.133 e. The van der Waals surface area contributed by atoms with Crippen LogP contribution in [-0.4, -0.2) is 26.8 Å². The largest absolute Gasteiger partial charge is 0.507 e. The number of hydrogen-bond acceptors (Lipinski definition) is 4. The molecule has 0 heterocycles. The summed E-state index contributed by atoms with van der Waals surface area (Å²) in [5.41, 5.74) is 0.538. The number of benzene rings is 1. The van der Waals surface area contributed by atoms with Crippen molar-refractivity contribution < 1.29 is 15.3 Å². The fourth-order valence-electron chi connectivity index (χ4n) is 1.32. The molecule has 0 saturated carbocycles. The van der Waals surface area contributed by atoms with Gasteiger partial charge in [-0.3, -0.25) is 0 Å². The van der Waals surface area contributed by atoms with Crippen molar-refractivity contribution in [3.8, 4) is 11.8 Å². The third-order valence-electron chi connectivity index (χ3n) is 2.25. The molecule has 2 unspecified atom stereocenters. The number of phenolic OH excluding ortho intramolecular Hbond substituents is 1. The molecule has 86 valence electrons. The Kier molecular flexibility index (Phi) is 4.74. The topological polar surface area (TPSA) is 84.5 Å².